The molecule has 0 fully saturated rings. The van der Waals surface area contributed by atoms with Gasteiger partial charge in [-0.05, 0) is 24.4 Å². The van der Waals surface area contributed by atoms with Gasteiger partial charge < -0.3 is 5.73 Å². The highest BCUT2D eigenvalue weighted by atomic mass is 15.3. The van der Waals surface area contributed by atoms with Gasteiger partial charge in [-0.15, -0.1) is 5.10 Å². The summed E-state index contributed by atoms with van der Waals surface area (Å²) in [6.07, 6.45) is 0. The Hall–Kier alpha value is -3.32. The number of anilines is 1. The molecule has 110 valence electrons. The lowest BCUT2D eigenvalue weighted by Crippen LogP contribution is -1.96. The average Bonchev–Trinajstić information content (AvgIpc) is 2.91. The van der Waals surface area contributed by atoms with Crippen molar-refractivity contribution in [1.82, 2.24) is 9.61 Å². The maximum atomic E-state index is 9.51. The largest absolute Gasteiger partial charge is 0.381 e. The zero-order valence-corrected chi connectivity index (χ0v) is 12.6. The van der Waals surface area contributed by atoms with Crippen LogP contribution in [0.4, 0.5) is 5.82 Å². The van der Waals surface area contributed by atoms with E-state index in [0.717, 1.165) is 33.1 Å². The standard InChI is InChI=1S/C19H14N4/c1-12-7-8-14-10-17(13-5-3-2-4-6-13)23-18(15(14)9-12)16(11-20)19(21)22-23/h2-10H,1H3,(H2,21,22). The van der Waals surface area contributed by atoms with Crippen LogP contribution in [0.1, 0.15) is 11.1 Å². The van der Waals surface area contributed by atoms with Gasteiger partial charge in [-0.1, -0.05) is 48.0 Å². The fraction of sp³-hybridized carbons (Fsp3) is 0.0526. The van der Waals surface area contributed by atoms with E-state index in [4.69, 9.17) is 5.73 Å². The van der Waals surface area contributed by atoms with E-state index in [1.807, 2.05) is 37.3 Å². The van der Waals surface area contributed by atoms with Gasteiger partial charge in [0.15, 0.2) is 5.82 Å². The summed E-state index contributed by atoms with van der Waals surface area (Å²) in [5.74, 6) is 0.263. The van der Waals surface area contributed by atoms with E-state index in [1.165, 1.54) is 0 Å². The Balaban J connectivity index is 2.24. The fourth-order valence-corrected chi connectivity index (χ4v) is 2.99. The van der Waals surface area contributed by atoms with Crippen molar-refractivity contribution >= 4 is 22.1 Å². The van der Waals surface area contributed by atoms with Crippen LogP contribution in [0.15, 0.2) is 54.6 Å². The molecule has 0 aliphatic carbocycles. The number of fused-ring (bicyclic) bond motifs is 3. The molecular weight excluding hydrogens is 284 g/mol. The smallest absolute Gasteiger partial charge is 0.164 e. The first kappa shape index (κ1) is 13.4. The number of rotatable bonds is 1. The number of benzene rings is 2. The number of aromatic nitrogens is 2. The Morgan fingerprint density at radius 2 is 1.87 bits per heavy atom. The highest BCUT2D eigenvalue weighted by molar-refractivity contribution is 6.02. The molecule has 23 heavy (non-hydrogen) atoms. The Morgan fingerprint density at radius 1 is 1.09 bits per heavy atom. The third-order valence-corrected chi connectivity index (χ3v) is 4.08. The predicted octanol–water partition coefficient (Wildman–Crippen LogP) is 3.92. The summed E-state index contributed by atoms with van der Waals surface area (Å²) in [5.41, 5.74) is 10.3. The molecule has 0 saturated carbocycles. The number of nitrogen functional groups attached to an aromatic ring is 1. The molecule has 2 aromatic carbocycles. The molecule has 4 rings (SSSR count). The molecule has 0 atom stereocenters. The Bertz CT molecular complexity index is 1090. The SMILES string of the molecule is Cc1ccc2cc(-c3ccccc3)n3nc(N)c(C#N)c3c2c1. The highest BCUT2D eigenvalue weighted by Crippen LogP contribution is 2.32. The number of hydrogen-bond donors (Lipinski definition) is 1. The van der Waals surface area contributed by atoms with Crippen molar-refractivity contribution in [2.45, 2.75) is 6.92 Å². The van der Waals surface area contributed by atoms with Crippen LogP contribution in [0.2, 0.25) is 0 Å². The summed E-state index contributed by atoms with van der Waals surface area (Å²) in [6, 6.07) is 20.5. The lowest BCUT2D eigenvalue weighted by Gasteiger charge is -2.09. The average molecular weight is 298 g/mol. The summed E-state index contributed by atoms with van der Waals surface area (Å²) < 4.78 is 1.78. The van der Waals surface area contributed by atoms with Gasteiger partial charge in [0, 0.05) is 10.9 Å². The predicted molar refractivity (Wildman–Crippen MR) is 92.0 cm³/mol. The van der Waals surface area contributed by atoms with E-state index in [0.29, 0.717) is 5.56 Å². The van der Waals surface area contributed by atoms with Gasteiger partial charge in [0.25, 0.3) is 0 Å². The molecule has 0 amide bonds. The fourth-order valence-electron chi connectivity index (χ4n) is 2.99. The van der Waals surface area contributed by atoms with Crippen LogP contribution >= 0.6 is 0 Å². The van der Waals surface area contributed by atoms with Crippen molar-refractivity contribution in [2.75, 3.05) is 5.73 Å². The second-order valence-corrected chi connectivity index (χ2v) is 5.62. The minimum absolute atomic E-state index is 0.263. The minimum Gasteiger partial charge on any atom is -0.381 e. The monoisotopic (exact) mass is 298 g/mol. The minimum atomic E-state index is 0.263. The van der Waals surface area contributed by atoms with Gasteiger partial charge in [-0.3, -0.25) is 0 Å². The van der Waals surface area contributed by atoms with Crippen LogP contribution in [0.5, 0.6) is 0 Å². The second-order valence-electron chi connectivity index (χ2n) is 5.62. The first-order valence-electron chi connectivity index (χ1n) is 7.36. The number of aryl methyl sites for hydroxylation is 1. The third kappa shape index (κ3) is 1.95. The lowest BCUT2D eigenvalue weighted by atomic mass is 10.0. The summed E-state index contributed by atoms with van der Waals surface area (Å²) >= 11 is 0. The molecule has 2 aromatic heterocycles. The molecule has 4 aromatic rings. The first-order valence-corrected chi connectivity index (χ1v) is 7.36. The van der Waals surface area contributed by atoms with Gasteiger partial charge in [-0.25, -0.2) is 4.52 Å². The number of nitrogens with zero attached hydrogens (tertiary/aromatic N) is 3. The zero-order valence-electron chi connectivity index (χ0n) is 12.6. The lowest BCUT2D eigenvalue weighted by molar-refractivity contribution is 0.982. The van der Waals surface area contributed by atoms with Crippen molar-refractivity contribution in [3.63, 3.8) is 0 Å². The van der Waals surface area contributed by atoms with Crippen LogP contribution in [0, 0.1) is 18.3 Å². The Morgan fingerprint density at radius 3 is 2.61 bits per heavy atom. The molecule has 0 aliphatic rings. The van der Waals surface area contributed by atoms with E-state index in [2.05, 4.69) is 35.4 Å². The summed E-state index contributed by atoms with van der Waals surface area (Å²) in [6.45, 7) is 2.03. The van der Waals surface area contributed by atoms with Gasteiger partial charge in [-0.2, -0.15) is 5.26 Å². The topological polar surface area (TPSA) is 67.1 Å². The van der Waals surface area contributed by atoms with E-state index >= 15 is 0 Å². The molecule has 0 radical (unpaired) electrons. The number of nitrogens with two attached hydrogens (primary N) is 1. The molecular formula is C19H14N4. The van der Waals surface area contributed by atoms with E-state index in [9.17, 15) is 5.26 Å². The van der Waals surface area contributed by atoms with Crippen LogP contribution in [0.3, 0.4) is 0 Å². The zero-order chi connectivity index (χ0) is 16.0. The third-order valence-electron chi connectivity index (χ3n) is 4.08. The van der Waals surface area contributed by atoms with Gasteiger partial charge in [0.05, 0.1) is 11.2 Å². The van der Waals surface area contributed by atoms with Crippen molar-refractivity contribution in [3.8, 4) is 17.3 Å². The second kappa shape index (κ2) is 4.85. The number of hydrogen-bond acceptors (Lipinski definition) is 3. The number of pyridine rings is 1. The maximum absolute atomic E-state index is 9.51. The molecule has 0 saturated heterocycles. The van der Waals surface area contributed by atoms with Crippen LogP contribution in [-0.2, 0) is 0 Å². The Kier molecular flexibility index (Phi) is 2.82. The molecule has 2 N–H and O–H groups in total. The van der Waals surface area contributed by atoms with Crippen molar-refractivity contribution in [1.29, 1.82) is 5.26 Å². The van der Waals surface area contributed by atoms with Gasteiger partial charge in [0.2, 0.25) is 0 Å². The van der Waals surface area contributed by atoms with Crippen molar-refractivity contribution in [3.05, 3.63) is 65.7 Å². The van der Waals surface area contributed by atoms with Crippen LogP contribution in [-0.4, -0.2) is 9.61 Å². The normalized spacial score (nSPS) is 11.0. The summed E-state index contributed by atoms with van der Waals surface area (Å²) in [4.78, 5) is 0. The molecule has 4 nitrogen and oxygen atoms in total. The molecule has 0 unspecified atom stereocenters. The van der Waals surface area contributed by atoms with Crippen LogP contribution < -0.4 is 5.73 Å². The van der Waals surface area contributed by atoms with Gasteiger partial charge in [0.1, 0.15) is 11.6 Å². The van der Waals surface area contributed by atoms with Gasteiger partial charge >= 0.3 is 0 Å². The quantitative estimate of drug-likeness (QED) is 0.579. The first-order chi connectivity index (χ1) is 11.2. The van der Waals surface area contributed by atoms with E-state index in [-0.39, 0.29) is 5.82 Å². The van der Waals surface area contributed by atoms with E-state index in [1.54, 1.807) is 4.52 Å². The Labute approximate surface area is 133 Å². The van der Waals surface area contributed by atoms with E-state index < -0.39 is 0 Å². The molecule has 2 heterocycles. The highest BCUT2D eigenvalue weighted by Gasteiger charge is 2.17. The molecule has 0 bridgehead atoms. The van der Waals surface area contributed by atoms with Crippen molar-refractivity contribution in [2.24, 2.45) is 0 Å². The number of nitriles is 1. The molecule has 0 aliphatic heterocycles. The van der Waals surface area contributed by atoms with Crippen LogP contribution in [0.25, 0.3) is 27.5 Å². The summed E-state index contributed by atoms with van der Waals surface area (Å²) in [5, 5.41) is 16.0. The molecule has 0 spiro atoms. The summed E-state index contributed by atoms with van der Waals surface area (Å²) in [7, 11) is 0. The molecule has 4 heteroatoms. The van der Waals surface area contributed by atoms with Crippen molar-refractivity contribution < 1.29 is 0 Å². The maximum Gasteiger partial charge on any atom is 0.164 e.